The van der Waals surface area contributed by atoms with E-state index in [9.17, 15) is 0 Å². The molecule has 0 atom stereocenters. The molecule has 3 heterocycles. The molecular weight excluding hydrogens is 356 g/mol. The Balaban J connectivity index is 1.69. The number of aromatic nitrogens is 2. The summed E-state index contributed by atoms with van der Waals surface area (Å²) in [4.78, 5) is 9.09. The van der Waals surface area contributed by atoms with Crippen molar-refractivity contribution in [3.63, 3.8) is 0 Å². The van der Waals surface area contributed by atoms with E-state index in [0.717, 1.165) is 38.9 Å². The molecule has 3 aromatic heterocycles. The first-order chi connectivity index (χ1) is 14.0. The number of hydrogen-bond acceptors (Lipinski definition) is 3. The summed E-state index contributed by atoms with van der Waals surface area (Å²) in [5, 5.41) is 2.17. The SMILES string of the molecule is Cc1ccc2c(n1)oc1c(C(C)(C)c3cccc(-c4ccccn4)c3)cccc12. The molecule has 0 spiro atoms. The third kappa shape index (κ3) is 2.90. The van der Waals surface area contributed by atoms with E-state index in [-0.39, 0.29) is 5.41 Å². The van der Waals surface area contributed by atoms with E-state index in [1.54, 1.807) is 0 Å². The van der Waals surface area contributed by atoms with Crippen molar-refractivity contribution in [3.8, 4) is 11.3 Å². The van der Waals surface area contributed by atoms with Gasteiger partial charge in [-0.25, -0.2) is 4.98 Å². The number of pyridine rings is 2. The second-order valence-electron chi connectivity index (χ2n) is 8.01. The van der Waals surface area contributed by atoms with Gasteiger partial charge in [0.15, 0.2) is 0 Å². The van der Waals surface area contributed by atoms with E-state index >= 15 is 0 Å². The van der Waals surface area contributed by atoms with Crippen molar-refractivity contribution in [2.75, 3.05) is 0 Å². The number of benzene rings is 2. The Kier molecular flexibility index (Phi) is 3.99. The molecule has 29 heavy (non-hydrogen) atoms. The van der Waals surface area contributed by atoms with Gasteiger partial charge in [0.05, 0.1) is 5.69 Å². The summed E-state index contributed by atoms with van der Waals surface area (Å²) in [7, 11) is 0. The molecular formula is C26H22N2O. The maximum atomic E-state index is 6.26. The van der Waals surface area contributed by atoms with Crippen LogP contribution in [0.2, 0.25) is 0 Å². The smallest absolute Gasteiger partial charge is 0.227 e. The third-order valence-electron chi connectivity index (χ3n) is 5.72. The lowest BCUT2D eigenvalue weighted by atomic mass is 9.77. The molecule has 142 valence electrons. The minimum atomic E-state index is -0.243. The van der Waals surface area contributed by atoms with Gasteiger partial charge in [-0.2, -0.15) is 0 Å². The molecule has 0 bridgehead atoms. The fourth-order valence-corrected chi connectivity index (χ4v) is 4.02. The molecule has 5 rings (SSSR count). The lowest BCUT2D eigenvalue weighted by molar-refractivity contribution is 0.602. The Morgan fingerprint density at radius 3 is 2.52 bits per heavy atom. The molecule has 5 aromatic rings. The highest BCUT2D eigenvalue weighted by molar-refractivity contribution is 6.05. The number of hydrogen-bond donors (Lipinski definition) is 0. The van der Waals surface area contributed by atoms with Gasteiger partial charge in [0.25, 0.3) is 0 Å². The van der Waals surface area contributed by atoms with E-state index in [2.05, 4.69) is 72.3 Å². The Hall–Kier alpha value is -3.46. The van der Waals surface area contributed by atoms with E-state index in [4.69, 9.17) is 4.42 Å². The zero-order valence-electron chi connectivity index (χ0n) is 16.8. The minimum absolute atomic E-state index is 0.243. The standard InChI is InChI=1S/C26H22N2O/c1-17-13-14-21-20-10-7-11-22(24(20)29-25(21)28-17)26(2,3)19-9-6-8-18(16-19)23-12-4-5-15-27-23/h4-16H,1-3H3. The molecule has 0 fully saturated rings. The zero-order valence-corrected chi connectivity index (χ0v) is 16.8. The number of rotatable bonds is 3. The van der Waals surface area contributed by atoms with Crippen molar-refractivity contribution >= 4 is 22.1 Å². The van der Waals surface area contributed by atoms with Crippen LogP contribution in [0.4, 0.5) is 0 Å². The first kappa shape index (κ1) is 17.6. The number of furan rings is 1. The van der Waals surface area contributed by atoms with Gasteiger partial charge in [0, 0.05) is 39.2 Å². The summed E-state index contributed by atoms with van der Waals surface area (Å²) in [5.74, 6) is 0. The number of para-hydroxylation sites is 1. The van der Waals surface area contributed by atoms with E-state index < -0.39 is 0 Å². The summed E-state index contributed by atoms with van der Waals surface area (Å²) >= 11 is 0. The van der Waals surface area contributed by atoms with Crippen molar-refractivity contribution < 1.29 is 4.42 Å². The van der Waals surface area contributed by atoms with Crippen LogP contribution >= 0.6 is 0 Å². The van der Waals surface area contributed by atoms with Crippen LogP contribution in [0.15, 0.2) is 83.4 Å². The van der Waals surface area contributed by atoms with Gasteiger partial charge in [0.1, 0.15) is 5.58 Å². The molecule has 0 aliphatic heterocycles. The largest absolute Gasteiger partial charge is 0.437 e. The lowest BCUT2D eigenvalue weighted by Gasteiger charge is -2.26. The summed E-state index contributed by atoms with van der Waals surface area (Å²) in [6, 6.07) is 25.1. The molecule has 0 aliphatic carbocycles. The molecule has 0 saturated heterocycles. The molecule has 0 unspecified atom stereocenters. The van der Waals surface area contributed by atoms with Crippen molar-refractivity contribution in [3.05, 3.63) is 95.8 Å². The maximum Gasteiger partial charge on any atom is 0.227 e. The first-order valence-electron chi connectivity index (χ1n) is 9.85. The molecule has 0 N–H and O–H groups in total. The topological polar surface area (TPSA) is 38.9 Å². The van der Waals surface area contributed by atoms with Gasteiger partial charge in [-0.05, 0) is 42.8 Å². The summed E-state index contributed by atoms with van der Waals surface area (Å²) in [6.07, 6.45) is 1.83. The number of aryl methyl sites for hydroxylation is 1. The summed E-state index contributed by atoms with van der Waals surface area (Å²) < 4.78 is 6.26. The first-order valence-corrected chi connectivity index (χ1v) is 9.85. The average molecular weight is 378 g/mol. The van der Waals surface area contributed by atoms with Crippen LogP contribution in [0.1, 0.15) is 30.7 Å². The molecule has 3 heteroatoms. The molecule has 0 aliphatic rings. The van der Waals surface area contributed by atoms with Crippen LogP contribution in [0.5, 0.6) is 0 Å². The second kappa shape index (κ2) is 6.56. The summed E-state index contributed by atoms with van der Waals surface area (Å²) in [6.45, 7) is 6.47. The highest BCUT2D eigenvalue weighted by Crippen LogP contribution is 2.40. The molecule has 0 amide bonds. The Bertz CT molecular complexity index is 1330. The van der Waals surface area contributed by atoms with Crippen LogP contribution in [-0.4, -0.2) is 9.97 Å². The van der Waals surface area contributed by atoms with Crippen LogP contribution in [0.25, 0.3) is 33.3 Å². The Morgan fingerprint density at radius 2 is 1.69 bits per heavy atom. The zero-order chi connectivity index (χ0) is 20.0. The van der Waals surface area contributed by atoms with Gasteiger partial charge < -0.3 is 4.42 Å². The monoisotopic (exact) mass is 378 g/mol. The minimum Gasteiger partial charge on any atom is -0.437 e. The van der Waals surface area contributed by atoms with Crippen LogP contribution < -0.4 is 0 Å². The van der Waals surface area contributed by atoms with Crippen LogP contribution in [0.3, 0.4) is 0 Å². The number of nitrogens with zero attached hydrogens (tertiary/aromatic N) is 2. The van der Waals surface area contributed by atoms with Crippen molar-refractivity contribution in [2.24, 2.45) is 0 Å². The van der Waals surface area contributed by atoms with Gasteiger partial charge >= 0.3 is 0 Å². The van der Waals surface area contributed by atoms with Crippen molar-refractivity contribution in [1.82, 2.24) is 9.97 Å². The van der Waals surface area contributed by atoms with E-state index in [0.29, 0.717) is 5.71 Å². The van der Waals surface area contributed by atoms with Gasteiger partial charge in [-0.15, -0.1) is 0 Å². The highest BCUT2D eigenvalue weighted by Gasteiger charge is 2.28. The fraction of sp³-hybridized carbons (Fsp3) is 0.154. The normalized spacial score (nSPS) is 12.0. The average Bonchev–Trinajstić information content (AvgIpc) is 3.12. The molecule has 2 aromatic carbocycles. The van der Waals surface area contributed by atoms with Crippen LogP contribution in [-0.2, 0) is 5.41 Å². The quantitative estimate of drug-likeness (QED) is 0.351. The van der Waals surface area contributed by atoms with Crippen LogP contribution in [0, 0.1) is 6.92 Å². The molecule has 0 saturated carbocycles. The molecule has 3 nitrogen and oxygen atoms in total. The van der Waals surface area contributed by atoms with Crippen molar-refractivity contribution in [1.29, 1.82) is 0 Å². The summed E-state index contributed by atoms with van der Waals surface area (Å²) in [5.41, 5.74) is 6.80. The lowest BCUT2D eigenvalue weighted by Crippen LogP contribution is -2.19. The predicted molar refractivity (Wildman–Crippen MR) is 118 cm³/mol. The third-order valence-corrected chi connectivity index (χ3v) is 5.72. The second-order valence-corrected chi connectivity index (χ2v) is 8.01. The Labute approximate surface area is 170 Å². The van der Waals surface area contributed by atoms with Crippen molar-refractivity contribution in [2.45, 2.75) is 26.2 Å². The predicted octanol–water partition coefficient (Wildman–Crippen LogP) is 6.68. The highest BCUT2D eigenvalue weighted by atomic mass is 16.3. The molecule has 0 radical (unpaired) electrons. The van der Waals surface area contributed by atoms with E-state index in [1.807, 2.05) is 37.4 Å². The number of fused-ring (bicyclic) bond motifs is 3. The fourth-order valence-electron chi connectivity index (χ4n) is 4.02. The van der Waals surface area contributed by atoms with Gasteiger partial charge in [0.2, 0.25) is 5.71 Å². The maximum absolute atomic E-state index is 6.26. The van der Waals surface area contributed by atoms with Gasteiger partial charge in [-0.1, -0.05) is 56.3 Å². The van der Waals surface area contributed by atoms with E-state index in [1.165, 1.54) is 5.56 Å². The van der Waals surface area contributed by atoms with Gasteiger partial charge in [-0.3, -0.25) is 4.98 Å². The Morgan fingerprint density at radius 1 is 0.828 bits per heavy atom.